The second-order valence-corrected chi connectivity index (χ2v) is 6.31. The van der Waals surface area contributed by atoms with Crippen LogP contribution in [0, 0.1) is 0 Å². The van der Waals surface area contributed by atoms with Gasteiger partial charge in [-0.1, -0.05) is 49.2 Å². The highest BCUT2D eigenvalue weighted by Crippen LogP contribution is 2.16. The van der Waals surface area contributed by atoms with Crippen LogP contribution in [-0.2, 0) is 0 Å². The zero-order valence-electron chi connectivity index (χ0n) is 15.5. The van der Waals surface area contributed by atoms with Gasteiger partial charge in [-0.25, -0.2) is 0 Å². The van der Waals surface area contributed by atoms with E-state index >= 15 is 0 Å². The minimum absolute atomic E-state index is 0.0406. The molecule has 2 rings (SSSR count). The van der Waals surface area contributed by atoms with Crippen molar-refractivity contribution in [3.05, 3.63) is 78.4 Å². The maximum atomic E-state index is 12.4. The lowest BCUT2D eigenvalue weighted by molar-refractivity contribution is 0.103. The third-order valence-corrected chi connectivity index (χ3v) is 4.19. The molecule has 0 spiro atoms. The Morgan fingerprint density at radius 3 is 2.31 bits per heavy atom. The topological polar surface area (TPSA) is 38.3 Å². The van der Waals surface area contributed by atoms with E-state index in [4.69, 9.17) is 4.74 Å². The zero-order valence-corrected chi connectivity index (χ0v) is 15.5. The van der Waals surface area contributed by atoms with Crippen molar-refractivity contribution in [2.45, 2.75) is 32.1 Å². The second kappa shape index (κ2) is 12.0. The molecule has 26 heavy (non-hydrogen) atoms. The number of unbranched alkanes of at least 4 members (excludes halogenated alkanes) is 3. The molecule has 2 aromatic carbocycles. The molecule has 0 aliphatic rings. The monoisotopic (exact) mass is 351 g/mol. The molecule has 3 heteroatoms. The first-order valence-corrected chi connectivity index (χ1v) is 9.45. The molecule has 0 saturated heterocycles. The minimum Gasteiger partial charge on any atom is -0.494 e. The molecule has 3 nitrogen and oxygen atoms in total. The number of ether oxygens (including phenoxy) is 1. The zero-order chi connectivity index (χ0) is 18.5. The predicted molar refractivity (Wildman–Crippen MR) is 108 cm³/mol. The summed E-state index contributed by atoms with van der Waals surface area (Å²) < 4.78 is 5.77. The SMILES string of the molecule is C=CCCNCCCCCCOc1ccc(C(=O)c2ccccc2)cc1. The molecule has 0 radical (unpaired) electrons. The van der Waals surface area contributed by atoms with Crippen LogP contribution in [0.25, 0.3) is 0 Å². The van der Waals surface area contributed by atoms with Crippen LogP contribution in [0.5, 0.6) is 5.75 Å². The molecule has 0 aromatic heterocycles. The van der Waals surface area contributed by atoms with E-state index in [0.29, 0.717) is 11.1 Å². The van der Waals surface area contributed by atoms with Gasteiger partial charge < -0.3 is 10.1 Å². The van der Waals surface area contributed by atoms with Crippen molar-refractivity contribution in [2.24, 2.45) is 0 Å². The highest BCUT2D eigenvalue weighted by atomic mass is 16.5. The van der Waals surface area contributed by atoms with Gasteiger partial charge in [-0.3, -0.25) is 4.79 Å². The fourth-order valence-corrected chi connectivity index (χ4v) is 2.68. The lowest BCUT2D eigenvalue weighted by Crippen LogP contribution is -2.15. The minimum atomic E-state index is 0.0406. The summed E-state index contributed by atoms with van der Waals surface area (Å²) in [4.78, 5) is 12.4. The van der Waals surface area contributed by atoms with Gasteiger partial charge >= 0.3 is 0 Å². The van der Waals surface area contributed by atoms with Gasteiger partial charge in [0.1, 0.15) is 5.75 Å². The van der Waals surface area contributed by atoms with E-state index in [-0.39, 0.29) is 5.78 Å². The highest BCUT2D eigenvalue weighted by Gasteiger charge is 2.08. The second-order valence-electron chi connectivity index (χ2n) is 6.31. The Kier molecular flexibility index (Phi) is 9.23. The van der Waals surface area contributed by atoms with Crippen molar-refractivity contribution in [3.8, 4) is 5.75 Å². The maximum Gasteiger partial charge on any atom is 0.193 e. The lowest BCUT2D eigenvalue weighted by atomic mass is 10.0. The van der Waals surface area contributed by atoms with E-state index in [1.807, 2.05) is 60.7 Å². The average molecular weight is 351 g/mol. The first kappa shape index (κ1) is 19.9. The van der Waals surface area contributed by atoms with Crippen LogP contribution < -0.4 is 10.1 Å². The first-order valence-electron chi connectivity index (χ1n) is 9.45. The number of rotatable bonds is 13. The Labute approximate surface area is 157 Å². The molecule has 0 amide bonds. The van der Waals surface area contributed by atoms with E-state index < -0.39 is 0 Å². The van der Waals surface area contributed by atoms with Crippen molar-refractivity contribution in [1.82, 2.24) is 5.32 Å². The van der Waals surface area contributed by atoms with Crippen LogP contribution in [0.3, 0.4) is 0 Å². The Morgan fingerprint density at radius 1 is 0.885 bits per heavy atom. The summed E-state index contributed by atoms with van der Waals surface area (Å²) in [7, 11) is 0. The third-order valence-electron chi connectivity index (χ3n) is 4.19. The van der Waals surface area contributed by atoms with Crippen LogP contribution in [-0.4, -0.2) is 25.5 Å². The number of hydrogen-bond acceptors (Lipinski definition) is 3. The molecular formula is C23H29NO2. The van der Waals surface area contributed by atoms with Crippen molar-refractivity contribution < 1.29 is 9.53 Å². The van der Waals surface area contributed by atoms with E-state index in [1.54, 1.807) is 0 Å². The largest absolute Gasteiger partial charge is 0.494 e. The number of benzene rings is 2. The Morgan fingerprint density at radius 2 is 1.58 bits per heavy atom. The van der Waals surface area contributed by atoms with Crippen LogP contribution >= 0.6 is 0 Å². The van der Waals surface area contributed by atoms with Gasteiger partial charge in [0.15, 0.2) is 5.78 Å². The van der Waals surface area contributed by atoms with Gasteiger partial charge in [-0.05, 0) is 56.6 Å². The smallest absolute Gasteiger partial charge is 0.193 e. The number of nitrogens with one attached hydrogen (secondary N) is 1. The Hall–Kier alpha value is -2.39. The van der Waals surface area contributed by atoms with Gasteiger partial charge in [0.25, 0.3) is 0 Å². The normalized spacial score (nSPS) is 10.5. The van der Waals surface area contributed by atoms with Crippen molar-refractivity contribution in [1.29, 1.82) is 0 Å². The molecule has 0 atom stereocenters. The summed E-state index contributed by atoms with van der Waals surface area (Å²) in [6, 6.07) is 16.7. The van der Waals surface area contributed by atoms with Crippen LogP contribution in [0.4, 0.5) is 0 Å². The van der Waals surface area contributed by atoms with Gasteiger partial charge in [0.2, 0.25) is 0 Å². The first-order chi connectivity index (χ1) is 12.8. The highest BCUT2D eigenvalue weighted by molar-refractivity contribution is 6.08. The van der Waals surface area contributed by atoms with E-state index in [9.17, 15) is 4.79 Å². The summed E-state index contributed by atoms with van der Waals surface area (Å²) in [6.07, 6.45) is 7.62. The number of ketones is 1. The Balaban J connectivity index is 1.61. The summed E-state index contributed by atoms with van der Waals surface area (Å²) >= 11 is 0. The molecular weight excluding hydrogens is 322 g/mol. The van der Waals surface area contributed by atoms with Crippen molar-refractivity contribution >= 4 is 5.78 Å². The van der Waals surface area contributed by atoms with Crippen molar-refractivity contribution in [2.75, 3.05) is 19.7 Å². The molecule has 0 fully saturated rings. The summed E-state index contributed by atoms with van der Waals surface area (Å²) in [5.41, 5.74) is 1.40. The average Bonchev–Trinajstić information content (AvgIpc) is 2.70. The van der Waals surface area contributed by atoms with E-state index in [0.717, 1.165) is 38.3 Å². The molecule has 0 unspecified atom stereocenters. The van der Waals surface area contributed by atoms with Gasteiger partial charge in [0, 0.05) is 11.1 Å². The number of hydrogen-bond donors (Lipinski definition) is 1. The molecule has 0 bridgehead atoms. The number of carbonyl (C=O) groups excluding carboxylic acids is 1. The van der Waals surface area contributed by atoms with E-state index in [2.05, 4.69) is 11.9 Å². The molecule has 0 aliphatic carbocycles. The van der Waals surface area contributed by atoms with E-state index in [1.165, 1.54) is 19.3 Å². The molecule has 1 N–H and O–H groups in total. The van der Waals surface area contributed by atoms with Crippen LogP contribution in [0.15, 0.2) is 67.3 Å². The maximum absolute atomic E-state index is 12.4. The number of carbonyl (C=O) groups is 1. The summed E-state index contributed by atoms with van der Waals surface area (Å²) in [6.45, 7) is 6.53. The van der Waals surface area contributed by atoms with Crippen LogP contribution in [0.2, 0.25) is 0 Å². The van der Waals surface area contributed by atoms with Crippen molar-refractivity contribution in [3.63, 3.8) is 0 Å². The fourth-order valence-electron chi connectivity index (χ4n) is 2.68. The molecule has 138 valence electrons. The van der Waals surface area contributed by atoms with Crippen LogP contribution in [0.1, 0.15) is 48.0 Å². The molecule has 2 aromatic rings. The quantitative estimate of drug-likeness (QED) is 0.313. The summed E-state index contributed by atoms with van der Waals surface area (Å²) in [5.74, 6) is 0.861. The Bertz CT molecular complexity index is 650. The van der Waals surface area contributed by atoms with Gasteiger partial charge in [-0.15, -0.1) is 6.58 Å². The lowest BCUT2D eigenvalue weighted by Gasteiger charge is -2.07. The third kappa shape index (κ3) is 7.24. The molecule has 0 saturated carbocycles. The molecule has 0 heterocycles. The standard InChI is InChI=1S/C23H29NO2/c1-2-3-17-24-18-9-4-5-10-19-26-22-15-13-21(14-16-22)23(25)20-11-7-6-8-12-20/h2,6-8,11-16,24H,1,3-5,9-10,17-19H2. The predicted octanol–water partition coefficient (Wildman–Crippen LogP) is 5.02. The summed E-state index contributed by atoms with van der Waals surface area (Å²) in [5, 5.41) is 3.40. The molecule has 0 aliphatic heterocycles. The fraction of sp³-hybridized carbons (Fsp3) is 0.348. The van der Waals surface area contributed by atoms with Gasteiger partial charge in [-0.2, -0.15) is 0 Å². The van der Waals surface area contributed by atoms with Gasteiger partial charge in [0.05, 0.1) is 6.61 Å².